The summed E-state index contributed by atoms with van der Waals surface area (Å²) < 4.78 is 11.6. The topological polar surface area (TPSA) is 42.2 Å². The van der Waals surface area contributed by atoms with Gasteiger partial charge in [-0.15, -0.1) is 0 Å². The molecule has 1 fully saturated rings. The van der Waals surface area contributed by atoms with Gasteiger partial charge in [0.2, 0.25) is 0 Å². The van der Waals surface area contributed by atoms with Gasteiger partial charge in [-0.05, 0) is 26.0 Å². The van der Waals surface area contributed by atoms with Crippen molar-refractivity contribution in [1.29, 1.82) is 5.26 Å². The molecule has 2 unspecified atom stereocenters. The molecule has 1 saturated heterocycles. The van der Waals surface area contributed by atoms with E-state index in [4.69, 9.17) is 26.3 Å². The van der Waals surface area contributed by atoms with Gasteiger partial charge in [0.05, 0.1) is 17.2 Å². The molecule has 0 aromatic heterocycles. The third-order valence-corrected chi connectivity index (χ3v) is 3.35. The minimum absolute atomic E-state index is 0.0781. The Morgan fingerprint density at radius 3 is 2.61 bits per heavy atom. The van der Waals surface area contributed by atoms with Crippen LogP contribution < -0.4 is 4.74 Å². The lowest BCUT2D eigenvalue weighted by molar-refractivity contribution is -0.0721. The van der Waals surface area contributed by atoms with Crippen molar-refractivity contribution < 1.29 is 9.47 Å². The van der Waals surface area contributed by atoms with Crippen molar-refractivity contribution in [1.82, 2.24) is 0 Å². The first kappa shape index (κ1) is 13.2. The Balaban J connectivity index is 2.14. The van der Waals surface area contributed by atoms with Crippen molar-refractivity contribution in [3.8, 4) is 11.8 Å². The summed E-state index contributed by atoms with van der Waals surface area (Å²) in [6.45, 7) is 4.07. The Bertz CT molecular complexity index is 459. The van der Waals surface area contributed by atoms with E-state index in [0.717, 1.165) is 12.8 Å². The normalized spacial score (nSPS) is 27.6. The molecule has 0 aliphatic carbocycles. The summed E-state index contributed by atoms with van der Waals surface area (Å²) in [6, 6.07) is 7.37. The first-order valence-electron chi connectivity index (χ1n) is 6.11. The fourth-order valence-electron chi connectivity index (χ4n) is 2.33. The second kappa shape index (κ2) is 5.60. The third-order valence-electron chi connectivity index (χ3n) is 3.04. The summed E-state index contributed by atoms with van der Waals surface area (Å²) in [7, 11) is 0. The van der Waals surface area contributed by atoms with Gasteiger partial charge in [0.15, 0.2) is 0 Å². The van der Waals surface area contributed by atoms with Crippen LogP contribution in [0.3, 0.4) is 0 Å². The van der Waals surface area contributed by atoms with Crippen LogP contribution in [0.4, 0.5) is 0 Å². The summed E-state index contributed by atoms with van der Waals surface area (Å²) in [5, 5.41) is 9.53. The van der Waals surface area contributed by atoms with E-state index in [1.165, 1.54) is 0 Å². The molecule has 2 rings (SSSR count). The van der Waals surface area contributed by atoms with E-state index in [-0.39, 0.29) is 18.3 Å². The van der Waals surface area contributed by atoms with E-state index in [9.17, 15) is 0 Å². The van der Waals surface area contributed by atoms with Crippen molar-refractivity contribution in [3.05, 3.63) is 28.8 Å². The molecule has 0 saturated carbocycles. The second-order valence-electron chi connectivity index (χ2n) is 4.69. The lowest BCUT2D eigenvalue weighted by atomic mass is 10.0. The summed E-state index contributed by atoms with van der Waals surface area (Å²) >= 11 is 5.98. The highest BCUT2D eigenvalue weighted by Crippen LogP contribution is 2.29. The number of ether oxygens (including phenoxy) is 2. The molecule has 18 heavy (non-hydrogen) atoms. The Morgan fingerprint density at radius 1 is 1.33 bits per heavy atom. The number of hydrogen-bond acceptors (Lipinski definition) is 3. The van der Waals surface area contributed by atoms with Gasteiger partial charge < -0.3 is 9.47 Å². The van der Waals surface area contributed by atoms with E-state index in [1.807, 2.05) is 13.8 Å². The smallest absolute Gasteiger partial charge is 0.139 e. The number of hydrogen-bond donors (Lipinski definition) is 0. The molecule has 1 aromatic rings. The zero-order valence-electron chi connectivity index (χ0n) is 10.5. The molecule has 2 atom stereocenters. The Hall–Kier alpha value is -1.24. The molecule has 1 heterocycles. The van der Waals surface area contributed by atoms with E-state index < -0.39 is 0 Å². The minimum atomic E-state index is 0.0781. The van der Waals surface area contributed by atoms with E-state index in [2.05, 4.69) is 6.07 Å². The van der Waals surface area contributed by atoms with E-state index in [1.54, 1.807) is 18.2 Å². The molecule has 0 bridgehead atoms. The molecule has 4 heteroatoms. The standard InChI is InChI=1S/C14H16ClNO2/c1-9-6-11(7-10(2)17-9)18-14-5-3-4-13(15)12(14)8-16/h3-5,9-11H,6-7H2,1-2H3. The molecule has 96 valence electrons. The summed E-state index contributed by atoms with van der Waals surface area (Å²) in [5.41, 5.74) is 0.408. The van der Waals surface area contributed by atoms with Crippen molar-refractivity contribution in [2.75, 3.05) is 0 Å². The quantitative estimate of drug-likeness (QED) is 0.821. The van der Waals surface area contributed by atoms with Gasteiger partial charge in [0.25, 0.3) is 0 Å². The molecule has 0 spiro atoms. The largest absolute Gasteiger partial charge is 0.489 e. The highest BCUT2D eigenvalue weighted by Gasteiger charge is 2.26. The van der Waals surface area contributed by atoms with E-state index in [0.29, 0.717) is 16.3 Å². The summed E-state index contributed by atoms with van der Waals surface area (Å²) in [4.78, 5) is 0. The van der Waals surface area contributed by atoms with Crippen LogP contribution in [0.15, 0.2) is 18.2 Å². The van der Waals surface area contributed by atoms with Crippen LogP contribution in [0.25, 0.3) is 0 Å². The molecular formula is C14H16ClNO2. The summed E-state index contributed by atoms with van der Waals surface area (Å²) in [5.74, 6) is 0.566. The third kappa shape index (κ3) is 2.95. The number of halogens is 1. The van der Waals surface area contributed by atoms with Gasteiger partial charge in [-0.3, -0.25) is 0 Å². The van der Waals surface area contributed by atoms with Gasteiger partial charge in [-0.2, -0.15) is 5.26 Å². The first-order chi connectivity index (χ1) is 8.60. The van der Waals surface area contributed by atoms with Crippen molar-refractivity contribution in [3.63, 3.8) is 0 Å². The van der Waals surface area contributed by atoms with Gasteiger partial charge in [-0.1, -0.05) is 17.7 Å². The maximum atomic E-state index is 9.09. The Kier molecular flexibility index (Phi) is 4.11. The molecule has 3 nitrogen and oxygen atoms in total. The fourth-order valence-corrected chi connectivity index (χ4v) is 2.54. The van der Waals surface area contributed by atoms with Crippen LogP contribution in [-0.2, 0) is 4.74 Å². The Morgan fingerprint density at radius 2 is 2.00 bits per heavy atom. The molecule has 1 aromatic carbocycles. The van der Waals surface area contributed by atoms with Crippen LogP contribution in [0, 0.1) is 11.3 Å². The summed E-state index contributed by atoms with van der Waals surface area (Å²) in [6.07, 6.45) is 2.12. The molecule has 1 aliphatic rings. The molecule has 0 N–H and O–H groups in total. The maximum Gasteiger partial charge on any atom is 0.139 e. The number of benzene rings is 1. The van der Waals surface area contributed by atoms with Crippen LogP contribution in [0.5, 0.6) is 5.75 Å². The van der Waals surface area contributed by atoms with Crippen LogP contribution in [0.1, 0.15) is 32.3 Å². The van der Waals surface area contributed by atoms with Gasteiger partial charge >= 0.3 is 0 Å². The average molecular weight is 266 g/mol. The van der Waals surface area contributed by atoms with Crippen LogP contribution in [-0.4, -0.2) is 18.3 Å². The van der Waals surface area contributed by atoms with Crippen molar-refractivity contribution in [2.45, 2.75) is 45.0 Å². The minimum Gasteiger partial charge on any atom is -0.489 e. The molecule has 1 aliphatic heterocycles. The highest BCUT2D eigenvalue weighted by atomic mass is 35.5. The monoisotopic (exact) mass is 265 g/mol. The maximum absolute atomic E-state index is 9.09. The second-order valence-corrected chi connectivity index (χ2v) is 5.10. The zero-order chi connectivity index (χ0) is 13.1. The lowest BCUT2D eigenvalue weighted by Crippen LogP contribution is -2.35. The van der Waals surface area contributed by atoms with Crippen LogP contribution in [0.2, 0.25) is 5.02 Å². The predicted molar refractivity (Wildman–Crippen MR) is 69.8 cm³/mol. The average Bonchev–Trinajstić information content (AvgIpc) is 2.27. The predicted octanol–water partition coefficient (Wildman–Crippen LogP) is 3.55. The SMILES string of the molecule is CC1CC(Oc2cccc(Cl)c2C#N)CC(C)O1. The molecular weight excluding hydrogens is 250 g/mol. The molecule has 0 amide bonds. The highest BCUT2D eigenvalue weighted by molar-refractivity contribution is 6.31. The van der Waals surface area contributed by atoms with Crippen molar-refractivity contribution >= 4 is 11.6 Å². The Labute approximate surface area is 112 Å². The zero-order valence-corrected chi connectivity index (χ0v) is 11.3. The first-order valence-corrected chi connectivity index (χ1v) is 6.48. The number of nitriles is 1. The van der Waals surface area contributed by atoms with Gasteiger partial charge in [0, 0.05) is 12.8 Å². The van der Waals surface area contributed by atoms with Gasteiger partial charge in [0.1, 0.15) is 23.5 Å². The lowest BCUT2D eigenvalue weighted by Gasteiger charge is -2.32. The molecule has 0 radical (unpaired) electrons. The number of rotatable bonds is 2. The van der Waals surface area contributed by atoms with E-state index >= 15 is 0 Å². The number of nitrogens with zero attached hydrogens (tertiary/aromatic N) is 1. The fraction of sp³-hybridized carbons (Fsp3) is 0.500. The van der Waals surface area contributed by atoms with Crippen LogP contribution >= 0.6 is 11.6 Å². The van der Waals surface area contributed by atoms with Crippen molar-refractivity contribution in [2.24, 2.45) is 0 Å². The van der Waals surface area contributed by atoms with Gasteiger partial charge in [-0.25, -0.2) is 0 Å².